The van der Waals surface area contributed by atoms with Gasteiger partial charge in [0.2, 0.25) is 0 Å². The molecule has 1 nitrogen and oxygen atoms in total. The van der Waals surface area contributed by atoms with E-state index >= 15 is 0 Å². The Balaban J connectivity index is 1.55. The van der Waals surface area contributed by atoms with Crippen LogP contribution in [0.5, 0.6) is 0 Å². The number of nitrogens with zero attached hydrogens (tertiary/aromatic N) is 1. The zero-order chi connectivity index (χ0) is 22.9. The van der Waals surface area contributed by atoms with Gasteiger partial charge in [-0.15, -0.1) is 0 Å². The van der Waals surface area contributed by atoms with Crippen molar-refractivity contribution in [3.63, 3.8) is 0 Å². The highest BCUT2D eigenvalue weighted by Gasteiger charge is 2.26. The van der Waals surface area contributed by atoms with Gasteiger partial charge in [0, 0.05) is 16.8 Å². The molecule has 162 valence electrons. The molecule has 0 amide bonds. The number of hydrogen-bond acceptors (Lipinski definition) is 1. The third-order valence-corrected chi connectivity index (χ3v) is 7.52. The van der Waals surface area contributed by atoms with Crippen molar-refractivity contribution in [1.29, 1.82) is 0 Å². The van der Waals surface area contributed by atoms with Gasteiger partial charge in [-0.1, -0.05) is 91.0 Å². The molecule has 0 atom stereocenters. The van der Waals surface area contributed by atoms with E-state index in [9.17, 15) is 0 Å². The largest absolute Gasteiger partial charge is 0.310 e. The maximum atomic E-state index is 2.44. The summed E-state index contributed by atoms with van der Waals surface area (Å²) in [6.45, 7) is 0. The van der Waals surface area contributed by atoms with Crippen LogP contribution < -0.4 is 4.90 Å². The second-order valence-electron chi connectivity index (χ2n) is 9.36. The Kier molecular flexibility index (Phi) is 3.72. The lowest BCUT2D eigenvalue weighted by Crippen LogP contribution is -2.10. The Labute approximate surface area is 203 Å². The highest BCUT2D eigenvalue weighted by molar-refractivity contribution is 6.33. The van der Waals surface area contributed by atoms with E-state index in [1.54, 1.807) is 0 Å². The van der Waals surface area contributed by atoms with Crippen LogP contribution in [0.15, 0.2) is 127 Å². The summed E-state index contributed by atoms with van der Waals surface area (Å²) in [6, 6.07) is 46.4. The van der Waals surface area contributed by atoms with E-state index in [2.05, 4.69) is 132 Å². The van der Waals surface area contributed by atoms with E-state index in [1.807, 2.05) is 0 Å². The molecular weight excluding hydrogens is 422 g/mol. The summed E-state index contributed by atoms with van der Waals surface area (Å²) in [5.41, 5.74) is 8.89. The van der Waals surface area contributed by atoms with Crippen LogP contribution >= 0.6 is 0 Å². The molecule has 1 heteroatoms. The predicted molar refractivity (Wildman–Crippen MR) is 149 cm³/mol. The first-order valence-electron chi connectivity index (χ1n) is 12.1. The fourth-order valence-corrected chi connectivity index (χ4v) is 6.06. The van der Waals surface area contributed by atoms with Crippen molar-refractivity contribution in [1.82, 2.24) is 0 Å². The highest BCUT2D eigenvalue weighted by atomic mass is 15.1. The van der Waals surface area contributed by atoms with Crippen LogP contribution in [0.2, 0.25) is 0 Å². The summed E-state index contributed by atoms with van der Waals surface area (Å²) in [5, 5.41) is 8.01. The summed E-state index contributed by atoms with van der Waals surface area (Å²) in [7, 11) is 0. The lowest BCUT2D eigenvalue weighted by molar-refractivity contribution is 1.30. The zero-order valence-corrected chi connectivity index (χ0v) is 19.1. The van der Waals surface area contributed by atoms with E-state index in [1.165, 1.54) is 60.3 Å². The molecule has 0 aromatic heterocycles. The monoisotopic (exact) mass is 443 g/mol. The molecule has 0 bridgehead atoms. The van der Waals surface area contributed by atoms with Crippen molar-refractivity contribution in [2.24, 2.45) is 0 Å². The Hall–Kier alpha value is -4.62. The van der Waals surface area contributed by atoms with Crippen LogP contribution in [-0.2, 0) is 0 Å². The molecule has 0 saturated carbocycles. The molecule has 1 aliphatic carbocycles. The minimum Gasteiger partial charge on any atom is -0.310 e. The van der Waals surface area contributed by atoms with Gasteiger partial charge in [-0.2, -0.15) is 0 Å². The molecule has 0 radical (unpaired) electrons. The number of para-hydroxylation sites is 2. The van der Waals surface area contributed by atoms with Gasteiger partial charge in [-0.3, -0.25) is 0 Å². The average Bonchev–Trinajstić information content (AvgIpc) is 3.25. The molecule has 0 spiro atoms. The Morgan fingerprint density at radius 1 is 0.371 bits per heavy atom. The maximum absolute atomic E-state index is 2.44. The van der Waals surface area contributed by atoms with Crippen LogP contribution in [0.3, 0.4) is 0 Å². The molecule has 0 N–H and O–H groups in total. The van der Waals surface area contributed by atoms with Gasteiger partial charge >= 0.3 is 0 Å². The quantitative estimate of drug-likeness (QED) is 0.246. The fraction of sp³-hybridized carbons (Fsp3) is 0. The number of benzene rings is 7. The van der Waals surface area contributed by atoms with Gasteiger partial charge in [0.15, 0.2) is 0 Å². The Morgan fingerprint density at radius 3 is 1.60 bits per heavy atom. The second kappa shape index (κ2) is 6.94. The van der Waals surface area contributed by atoms with Gasteiger partial charge in [0.1, 0.15) is 0 Å². The average molecular weight is 444 g/mol. The molecule has 0 aliphatic heterocycles. The predicted octanol–water partition coefficient (Wildman–Crippen LogP) is 9.70. The van der Waals surface area contributed by atoms with E-state index in [-0.39, 0.29) is 0 Å². The van der Waals surface area contributed by atoms with Crippen molar-refractivity contribution in [3.8, 4) is 22.3 Å². The van der Waals surface area contributed by atoms with Crippen LogP contribution in [0.1, 0.15) is 0 Å². The van der Waals surface area contributed by atoms with Gasteiger partial charge in [0.05, 0.1) is 5.69 Å². The molecular formula is C34H21N. The second-order valence-corrected chi connectivity index (χ2v) is 9.36. The SMILES string of the molecule is c1ccc(N(c2ccccc2)c2ccc3ccc4ccc5c6c(cc2c3c46)-c2ccccc2-5)cc1. The molecule has 0 unspecified atom stereocenters. The minimum absolute atomic E-state index is 1.16. The maximum Gasteiger partial charge on any atom is 0.0540 e. The lowest BCUT2D eigenvalue weighted by Gasteiger charge is -2.28. The van der Waals surface area contributed by atoms with E-state index in [4.69, 9.17) is 0 Å². The fourth-order valence-electron chi connectivity index (χ4n) is 6.06. The molecule has 1 aliphatic rings. The van der Waals surface area contributed by atoms with Crippen molar-refractivity contribution >= 4 is 49.4 Å². The highest BCUT2D eigenvalue weighted by Crippen LogP contribution is 2.53. The van der Waals surface area contributed by atoms with Crippen LogP contribution in [-0.4, -0.2) is 0 Å². The van der Waals surface area contributed by atoms with Gasteiger partial charge in [-0.25, -0.2) is 0 Å². The Morgan fingerprint density at radius 2 is 0.914 bits per heavy atom. The third kappa shape index (κ3) is 2.53. The molecule has 35 heavy (non-hydrogen) atoms. The van der Waals surface area contributed by atoms with E-state index < -0.39 is 0 Å². The van der Waals surface area contributed by atoms with Crippen molar-refractivity contribution in [3.05, 3.63) is 127 Å². The topological polar surface area (TPSA) is 3.24 Å². The molecule has 7 aromatic rings. The first-order valence-corrected chi connectivity index (χ1v) is 12.1. The molecule has 8 rings (SSSR count). The first-order chi connectivity index (χ1) is 17.4. The lowest BCUT2D eigenvalue weighted by atomic mass is 9.89. The van der Waals surface area contributed by atoms with Crippen molar-refractivity contribution in [2.45, 2.75) is 0 Å². The summed E-state index contributed by atoms with van der Waals surface area (Å²) >= 11 is 0. The first kappa shape index (κ1) is 18.8. The summed E-state index contributed by atoms with van der Waals surface area (Å²) in [4.78, 5) is 2.39. The zero-order valence-electron chi connectivity index (χ0n) is 19.1. The van der Waals surface area contributed by atoms with Gasteiger partial charge in [0.25, 0.3) is 0 Å². The van der Waals surface area contributed by atoms with E-state index in [0.717, 1.165) is 11.4 Å². The van der Waals surface area contributed by atoms with Gasteiger partial charge in [-0.05, 0) is 85.6 Å². The van der Waals surface area contributed by atoms with Crippen LogP contribution in [0.4, 0.5) is 17.1 Å². The normalized spacial score (nSPS) is 12.0. The minimum atomic E-state index is 1.16. The summed E-state index contributed by atoms with van der Waals surface area (Å²) < 4.78 is 0. The molecule has 0 heterocycles. The molecule has 7 aromatic carbocycles. The van der Waals surface area contributed by atoms with Crippen molar-refractivity contribution < 1.29 is 0 Å². The van der Waals surface area contributed by atoms with E-state index in [0.29, 0.717) is 0 Å². The third-order valence-electron chi connectivity index (χ3n) is 7.52. The molecule has 0 saturated heterocycles. The number of fused-ring (bicyclic) bond motifs is 3. The Bertz CT molecular complexity index is 1840. The van der Waals surface area contributed by atoms with Crippen molar-refractivity contribution in [2.75, 3.05) is 4.90 Å². The standard InChI is InChI=1S/C34H21N/c1-3-9-24(10-4-1)35(25-11-5-2-6-12-25)31-20-18-22-15-16-23-17-19-28-26-13-7-8-14-27(26)29-21-30(31)32(22)33(23)34(28)29/h1-21H. The summed E-state index contributed by atoms with van der Waals surface area (Å²) in [5.74, 6) is 0. The summed E-state index contributed by atoms with van der Waals surface area (Å²) in [6.07, 6.45) is 0. The smallest absolute Gasteiger partial charge is 0.0540 e. The number of anilines is 3. The molecule has 0 fully saturated rings. The number of hydrogen-bond donors (Lipinski definition) is 0. The van der Waals surface area contributed by atoms with Crippen LogP contribution in [0, 0.1) is 0 Å². The van der Waals surface area contributed by atoms with Crippen LogP contribution in [0.25, 0.3) is 54.6 Å². The van der Waals surface area contributed by atoms with Gasteiger partial charge < -0.3 is 4.90 Å². The number of rotatable bonds is 3.